The smallest absolute Gasteiger partial charge is 0.0715 e. The van der Waals surface area contributed by atoms with Crippen LogP contribution in [0.3, 0.4) is 0 Å². The van der Waals surface area contributed by atoms with Crippen LogP contribution < -0.4 is 0 Å². The van der Waals surface area contributed by atoms with Crippen LogP contribution in [0.15, 0.2) is 291 Å². The summed E-state index contributed by atoms with van der Waals surface area (Å²) >= 11 is 0. The Hall–Kier alpha value is -9.76. The lowest BCUT2D eigenvalue weighted by Crippen LogP contribution is -2.44. The van der Waals surface area contributed by atoms with Gasteiger partial charge in [-0.2, -0.15) is 0 Å². The Kier molecular flexibility index (Phi) is 9.73. The maximum absolute atomic E-state index is 4.25. The second-order valence-electron chi connectivity index (χ2n) is 20.4. The highest BCUT2D eigenvalue weighted by Gasteiger charge is 2.58. The van der Waals surface area contributed by atoms with Crippen molar-refractivity contribution in [2.75, 3.05) is 0 Å². The summed E-state index contributed by atoms with van der Waals surface area (Å²) in [6, 6.07) is 86.0. The van der Waals surface area contributed by atoms with Gasteiger partial charge in [-0.3, -0.25) is 0 Å². The lowest BCUT2D eigenvalue weighted by Gasteiger charge is -2.50. The highest BCUT2D eigenvalue weighted by molar-refractivity contribution is 6.13. The van der Waals surface area contributed by atoms with E-state index >= 15 is 0 Å². The SMILES string of the molecule is C=C/C=C\C1=Cc2ccccc2C12c1cc3c4ccccc4n(-c4ccccc4-c4ccccc4)c3cc1C1(C(/C=C\C=C)=Cc3ccccc31)c1cc3c4ccccc4n(-c4ccccc4-c4ccccc4)c3cc12. The van der Waals surface area contributed by atoms with Crippen molar-refractivity contribution in [2.45, 2.75) is 10.8 Å². The molecule has 3 aliphatic carbocycles. The van der Waals surface area contributed by atoms with Crippen LogP contribution in [0, 0.1) is 0 Å². The fourth-order valence-corrected chi connectivity index (χ4v) is 13.8. The molecule has 0 radical (unpaired) electrons. The average molecular weight is 967 g/mol. The van der Waals surface area contributed by atoms with Crippen molar-refractivity contribution in [2.24, 2.45) is 0 Å². The van der Waals surface area contributed by atoms with Gasteiger partial charge in [-0.25, -0.2) is 0 Å². The minimum atomic E-state index is -0.773. The number of para-hydroxylation sites is 4. The highest BCUT2D eigenvalue weighted by atomic mass is 15.0. The van der Waals surface area contributed by atoms with Gasteiger partial charge in [0.15, 0.2) is 0 Å². The predicted octanol–water partition coefficient (Wildman–Crippen LogP) is 18.5. The third-order valence-corrected chi connectivity index (χ3v) is 16.7. The van der Waals surface area contributed by atoms with Gasteiger partial charge in [0.1, 0.15) is 0 Å². The van der Waals surface area contributed by atoms with Crippen LogP contribution >= 0.6 is 0 Å². The number of aromatic nitrogens is 2. The molecule has 2 atom stereocenters. The fourth-order valence-electron chi connectivity index (χ4n) is 13.8. The van der Waals surface area contributed by atoms with Gasteiger partial charge >= 0.3 is 0 Å². The first-order valence-electron chi connectivity index (χ1n) is 26.3. The molecule has 2 nitrogen and oxygen atoms in total. The first kappa shape index (κ1) is 43.8. The third-order valence-electron chi connectivity index (χ3n) is 16.7. The Bertz CT molecular complexity index is 4260. The largest absolute Gasteiger partial charge is 0.309 e. The van der Waals surface area contributed by atoms with Gasteiger partial charge in [-0.1, -0.05) is 232 Å². The Morgan fingerprint density at radius 2 is 0.684 bits per heavy atom. The predicted molar refractivity (Wildman–Crippen MR) is 320 cm³/mol. The molecule has 2 spiro atoms. The lowest BCUT2D eigenvalue weighted by molar-refractivity contribution is 0.630. The first-order valence-corrected chi connectivity index (χ1v) is 26.3. The first-order chi connectivity index (χ1) is 37.6. The normalized spacial score (nSPS) is 17.2. The van der Waals surface area contributed by atoms with Crippen LogP contribution in [0.1, 0.15) is 44.5 Å². The van der Waals surface area contributed by atoms with E-state index in [0.717, 1.165) is 33.4 Å². The molecule has 2 unspecified atom stereocenters. The second kappa shape index (κ2) is 16.9. The van der Waals surface area contributed by atoms with Crippen molar-refractivity contribution in [1.82, 2.24) is 9.13 Å². The molecule has 0 aliphatic heterocycles. The minimum absolute atomic E-state index is 0.773. The molecule has 0 N–H and O–H groups in total. The van der Waals surface area contributed by atoms with Crippen molar-refractivity contribution in [3.63, 3.8) is 0 Å². The number of nitrogens with zero attached hydrogens (tertiary/aromatic N) is 2. The molecular weight excluding hydrogens is 917 g/mol. The van der Waals surface area contributed by atoms with E-state index in [1.807, 2.05) is 12.2 Å². The summed E-state index contributed by atoms with van der Waals surface area (Å²) in [5.41, 5.74) is 22.5. The van der Waals surface area contributed by atoms with Crippen LogP contribution in [-0.4, -0.2) is 9.13 Å². The van der Waals surface area contributed by atoms with Crippen LogP contribution in [0.2, 0.25) is 0 Å². The molecular formula is C74H50N2. The van der Waals surface area contributed by atoms with E-state index in [1.54, 1.807) is 0 Å². The zero-order valence-corrected chi connectivity index (χ0v) is 41.9. The van der Waals surface area contributed by atoms with E-state index in [4.69, 9.17) is 0 Å². The molecule has 0 saturated carbocycles. The van der Waals surface area contributed by atoms with Crippen LogP contribution in [0.25, 0.3) is 89.4 Å². The van der Waals surface area contributed by atoms with Crippen molar-refractivity contribution in [3.05, 3.63) is 336 Å². The lowest BCUT2D eigenvalue weighted by atomic mass is 9.51. The molecule has 10 aromatic carbocycles. The van der Waals surface area contributed by atoms with Gasteiger partial charge in [0.05, 0.1) is 44.3 Å². The zero-order valence-electron chi connectivity index (χ0n) is 41.9. The topological polar surface area (TPSA) is 9.86 Å². The van der Waals surface area contributed by atoms with E-state index in [-0.39, 0.29) is 0 Å². The molecule has 0 saturated heterocycles. The van der Waals surface area contributed by atoms with E-state index in [1.165, 1.54) is 99.5 Å². The number of rotatable bonds is 8. The monoisotopic (exact) mass is 966 g/mol. The summed E-state index contributed by atoms with van der Waals surface area (Å²) in [7, 11) is 0. The van der Waals surface area contributed by atoms with Crippen molar-refractivity contribution in [3.8, 4) is 33.6 Å². The molecule has 2 aromatic heterocycles. The van der Waals surface area contributed by atoms with Crippen molar-refractivity contribution < 1.29 is 0 Å². The Balaban J connectivity index is 1.17. The fraction of sp³-hybridized carbons (Fsp3) is 0.0270. The number of hydrogen-bond donors (Lipinski definition) is 0. The molecule has 12 aromatic rings. The quantitative estimate of drug-likeness (QED) is 0.134. The molecule has 0 amide bonds. The van der Waals surface area contributed by atoms with Crippen molar-refractivity contribution in [1.29, 1.82) is 0 Å². The average Bonchev–Trinajstić information content (AvgIpc) is 4.14. The molecule has 2 heterocycles. The molecule has 3 aliphatic rings. The van der Waals surface area contributed by atoms with E-state index in [0.29, 0.717) is 0 Å². The van der Waals surface area contributed by atoms with Gasteiger partial charge in [0.2, 0.25) is 0 Å². The molecule has 0 bridgehead atoms. The molecule has 0 fully saturated rings. The van der Waals surface area contributed by atoms with Gasteiger partial charge in [-0.05, 0) is 127 Å². The highest BCUT2D eigenvalue weighted by Crippen LogP contribution is 2.66. The maximum atomic E-state index is 4.25. The standard InChI is InChI=1S/C74H50N2/c1-3-5-31-53-43-51-29-13-19-37-61(51)73(53)63-45-59-57-35-17-23-41-69(57)76(68-40-22-16-34-56(68)50-27-11-8-12-28-50)72(59)48-66(63)74(54(32-6-4-2)44-52-30-14-20-38-62(52)74)64-46-60-58-36-18-24-42-70(58)75(71(60)47-65(64)73)67-39-21-15-33-55(67)49-25-9-7-10-26-49/h3-48H,1-2H2/b31-5-,32-6-. The Morgan fingerprint density at radius 3 is 1.13 bits per heavy atom. The summed E-state index contributed by atoms with van der Waals surface area (Å²) in [6.45, 7) is 8.50. The molecule has 15 rings (SSSR count). The summed E-state index contributed by atoms with van der Waals surface area (Å²) in [4.78, 5) is 0. The summed E-state index contributed by atoms with van der Waals surface area (Å²) in [5, 5.41) is 4.83. The summed E-state index contributed by atoms with van der Waals surface area (Å²) in [5.74, 6) is 0. The van der Waals surface area contributed by atoms with Crippen LogP contribution in [0.5, 0.6) is 0 Å². The van der Waals surface area contributed by atoms with Crippen LogP contribution in [-0.2, 0) is 10.8 Å². The number of allylic oxidation sites excluding steroid dienone is 8. The van der Waals surface area contributed by atoms with E-state index in [9.17, 15) is 0 Å². The third kappa shape index (κ3) is 5.92. The second-order valence-corrected chi connectivity index (χ2v) is 20.4. The Morgan fingerprint density at radius 1 is 0.316 bits per heavy atom. The van der Waals surface area contributed by atoms with Gasteiger partial charge in [0, 0.05) is 32.7 Å². The number of benzene rings is 10. The molecule has 356 valence electrons. The van der Waals surface area contributed by atoms with Gasteiger partial charge < -0.3 is 9.13 Å². The summed E-state index contributed by atoms with van der Waals surface area (Å²) in [6.07, 6.45) is 17.6. The Labute approximate surface area is 442 Å². The summed E-state index contributed by atoms with van der Waals surface area (Å²) < 4.78 is 5.07. The number of hydrogen-bond acceptors (Lipinski definition) is 0. The molecule has 2 heteroatoms. The van der Waals surface area contributed by atoms with E-state index < -0.39 is 10.8 Å². The van der Waals surface area contributed by atoms with Crippen molar-refractivity contribution >= 4 is 55.8 Å². The minimum Gasteiger partial charge on any atom is -0.309 e. The van der Waals surface area contributed by atoms with E-state index in [2.05, 4.69) is 289 Å². The number of fused-ring (bicyclic) bond motifs is 16. The van der Waals surface area contributed by atoms with Gasteiger partial charge in [0.25, 0.3) is 0 Å². The van der Waals surface area contributed by atoms with Gasteiger partial charge in [-0.15, -0.1) is 0 Å². The zero-order chi connectivity index (χ0) is 50.5. The molecule has 76 heavy (non-hydrogen) atoms. The van der Waals surface area contributed by atoms with Crippen LogP contribution in [0.4, 0.5) is 0 Å². The maximum Gasteiger partial charge on any atom is 0.0715 e.